The smallest absolute Gasteiger partial charge is 0.288 e. The van der Waals surface area contributed by atoms with Crippen molar-refractivity contribution in [1.82, 2.24) is 0 Å². The van der Waals surface area contributed by atoms with Crippen LogP contribution in [0, 0.1) is 10.1 Å². The second-order valence-corrected chi connectivity index (χ2v) is 11.1. The highest BCUT2D eigenvalue weighted by molar-refractivity contribution is 8.04. The fourth-order valence-corrected chi connectivity index (χ4v) is 6.24. The van der Waals surface area contributed by atoms with Crippen LogP contribution < -0.4 is 14.8 Å². The Morgan fingerprint density at radius 3 is 2.42 bits per heavy atom. The van der Waals surface area contributed by atoms with E-state index in [4.69, 9.17) is 21.1 Å². The molecule has 1 aliphatic heterocycles. The van der Waals surface area contributed by atoms with Gasteiger partial charge in [0.15, 0.2) is 9.84 Å². The predicted octanol–water partition coefficient (Wildman–Crippen LogP) is 5.32. The molecule has 4 rings (SSSR count). The van der Waals surface area contributed by atoms with E-state index in [0.29, 0.717) is 33.2 Å². The van der Waals surface area contributed by atoms with E-state index in [1.165, 1.54) is 50.6 Å². The van der Waals surface area contributed by atoms with Gasteiger partial charge in [-0.05, 0) is 48.0 Å². The van der Waals surface area contributed by atoms with Crippen LogP contribution in [0.2, 0.25) is 5.02 Å². The van der Waals surface area contributed by atoms with Crippen LogP contribution in [0.15, 0.2) is 69.3 Å². The van der Waals surface area contributed by atoms with E-state index < -0.39 is 20.7 Å². The number of hydrogen-bond donors (Lipinski definition) is 1. The van der Waals surface area contributed by atoms with Gasteiger partial charge in [-0.15, -0.1) is 0 Å². The molecule has 0 spiro atoms. The lowest BCUT2D eigenvalue weighted by atomic mass is 10.2. The van der Waals surface area contributed by atoms with Crippen molar-refractivity contribution >= 4 is 56.6 Å². The fourth-order valence-electron chi connectivity index (χ4n) is 3.58. The molecule has 1 amide bonds. The zero-order valence-corrected chi connectivity index (χ0v) is 21.4. The molecule has 36 heavy (non-hydrogen) atoms. The molecule has 1 N–H and O–H groups in total. The van der Waals surface area contributed by atoms with E-state index in [2.05, 4.69) is 5.32 Å². The molecule has 3 aromatic rings. The van der Waals surface area contributed by atoms with Gasteiger partial charge in [-0.2, -0.15) is 0 Å². The molecule has 1 heterocycles. The number of anilines is 1. The summed E-state index contributed by atoms with van der Waals surface area (Å²) in [7, 11) is -0.916. The second kappa shape index (κ2) is 10.2. The number of hydrogen-bond acceptors (Lipinski definition) is 8. The number of rotatable bonds is 7. The topological polar surface area (TPSA) is 125 Å². The molecule has 0 unspecified atom stereocenters. The SMILES string of the molecule is COc1cccc(OC)c1CS(=O)(=O)c1ccc2c(c1)S/C(=C\c1ccc(Cl)c([N+](=O)[O-])c1)C(=O)N2. The van der Waals surface area contributed by atoms with E-state index in [1.54, 1.807) is 24.3 Å². The van der Waals surface area contributed by atoms with Crippen molar-refractivity contribution in [3.05, 3.63) is 85.8 Å². The summed E-state index contributed by atoms with van der Waals surface area (Å²) in [6.07, 6.45) is 1.48. The molecule has 0 saturated carbocycles. The third-order valence-electron chi connectivity index (χ3n) is 5.33. The lowest BCUT2D eigenvalue weighted by Crippen LogP contribution is -2.17. The number of nitro benzene ring substituents is 1. The van der Waals surface area contributed by atoms with Gasteiger partial charge in [0, 0.05) is 11.0 Å². The third kappa shape index (κ3) is 5.18. The molecule has 0 aliphatic carbocycles. The third-order valence-corrected chi connectivity index (χ3v) is 8.37. The van der Waals surface area contributed by atoms with Crippen molar-refractivity contribution in [3.8, 4) is 11.5 Å². The monoisotopic (exact) mass is 546 g/mol. The summed E-state index contributed by atoms with van der Waals surface area (Å²) in [5.41, 5.74) is 0.969. The summed E-state index contributed by atoms with van der Waals surface area (Å²) in [6.45, 7) is 0. The Morgan fingerprint density at radius 1 is 1.08 bits per heavy atom. The summed E-state index contributed by atoms with van der Waals surface area (Å²) in [5, 5.41) is 13.9. The first kappa shape index (κ1) is 25.5. The maximum Gasteiger partial charge on any atom is 0.288 e. The maximum absolute atomic E-state index is 13.3. The number of carbonyl (C=O) groups excluding carboxylic acids is 1. The number of ether oxygens (including phenoxy) is 2. The van der Waals surface area contributed by atoms with E-state index in [-0.39, 0.29) is 26.3 Å². The number of nitrogens with zero attached hydrogens (tertiary/aromatic N) is 1. The number of sulfone groups is 1. The van der Waals surface area contributed by atoms with Gasteiger partial charge in [0.1, 0.15) is 16.5 Å². The number of amides is 1. The molecular formula is C24H19ClN2O7S2. The minimum Gasteiger partial charge on any atom is -0.496 e. The highest BCUT2D eigenvalue weighted by Crippen LogP contribution is 2.41. The van der Waals surface area contributed by atoms with Crippen molar-refractivity contribution in [2.45, 2.75) is 15.5 Å². The quantitative estimate of drug-likeness (QED) is 0.240. The number of thioether (sulfide) groups is 1. The molecule has 3 aromatic carbocycles. The summed E-state index contributed by atoms with van der Waals surface area (Å²) in [5.74, 6) is 0.00622. The average molecular weight is 547 g/mol. The minimum absolute atomic E-state index is 0.0187. The average Bonchev–Trinajstić information content (AvgIpc) is 2.85. The van der Waals surface area contributed by atoms with Crippen LogP contribution in [0.4, 0.5) is 11.4 Å². The van der Waals surface area contributed by atoms with Gasteiger partial charge in [-0.25, -0.2) is 8.42 Å². The Morgan fingerprint density at radius 2 is 1.78 bits per heavy atom. The first-order chi connectivity index (χ1) is 17.1. The van der Waals surface area contributed by atoms with Crippen LogP contribution >= 0.6 is 23.4 Å². The predicted molar refractivity (Wildman–Crippen MR) is 137 cm³/mol. The van der Waals surface area contributed by atoms with Crippen molar-refractivity contribution < 1.29 is 27.6 Å². The molecule has 12 heteroatoms. The van der Waals surface area contributed by atoms with Crippen LogP contribution in [-0.4, -0.2) is 33.5 Å². The molecule has 0 atom stereocenters. The van der Waals surface area contributed by atoms with Crippen molar-refractivity contribution in [2.24, 2.45) is 0 Å². The normalized spacial score (nSPS) is 14.2. The van der Waals surface area contributed by atoms with Gasteiger partial charge in [0.25, 0.3) is 11.6 Å². The number of carbonyl (C=O) groups is 1. The molecule has 0 aromatic heterocycles. The molecule has 9 nitrogen and oxygen atoms in total. The Bertz CT molecular complexity index is 1500. The number of nitro groups is 1. The van der Waals surface area contributed by atoms with Gasteiger partial charge in [0.2, 0.25) is 0 Å². The first-order valence-electron chi connectivity index (χ1n) is 10.3. The lowest BCUT2D eigenvalue weighted by Gasteiger charge is -2.20. The van der Waals surface area contributed by atoms with Gasteiger partial charge in [-0.1, -0.05) is 35.5 Å². The maximum atomic E-state index is 13.3. The molecule has 0 radical (unpaired) electrons. The summed E-state index contributed by atoms with van der Waals surface area (Å²) < 4.78 is 37.2. The number of halogens is 1. The highest BCUT2D eigenvalue weighted by Gasteiger charge is 2.26. The Kier molecular flexibility index (Phi) is 7.25. The minimum atomic E-state index is -3.82. The second-order valence-electron chi connectivity index (χ2n) is 7.59. The zero-order valence-electron chi connectivity index (χ0n) is 19.0. The molecular weight excluding hydrogens is 528 g/mol. The first-order valence-corrected chi connectivity index (χ1v) is 13.2. The standard InChI is InChI=1S/C24H19ClN2O7S2/c1-33-20-4-3-5-21(34-2)16(20)13-36(31,32)15-7-9-18-22(12-15)35-23(24(28)26-18)11-14-6-8-17(25)19(10-14)27(29)30/h3-12H,13H2,1-2H3,(H,26,28)/b23-11-. The van der Waals surface area contributed by atoms with Crippen LogP contribution in [-0.2, 0) is 20.4 Å². The molecule has 0 bridgehead atoms. The molecule has 0 saturated heterocycles. The van der Waals surface area contributed by atoms with Crippen molar-refractivity contribution in [3.63, 3.8) is 0 Å². The van der Waals surface area contributed by atoms with E-state index in [9.17, 15) is 23.3 Å². The highest BCUT2D eigenvalue weighted by atomic mass is 35.5. The molecule has 186 valence electrons. The van der Waals surface area contributed by atoms with Crippen LogP contribution in [0.5, 0.6) is 11.5 Å². The Balaban J connectivity index is 1.67. The van der Waals surface area contributed by atoms with Gasteiger partial charge < -0.3 is 14.8 Å². The largest absolute Gasteiger partial charge is 0.496 e. The Labute approximate surface area is 216 Å². The fraction of sp³-hybridized carbons (Fsp3) is 0.125. The summed E-state index contributed by atoms with van der Waals surface area (Å²) in [6, 6.07) is 13.6. The molecule has 0 fully saturated rings. The van der Waals surface area contributed by atoms with E-state index in [1.807, 2.05) is 0 Å². The van der Waals surface area contributed by atoms with Crippen molar-refractivity contribution in [1.29, 1.82) is 0 Å². The zero-order chi connectivity index (χ0) is 26.0. The van der Waals surface area contributed by atoms with Crippen molar-refractivity contribution in [2.75, 3.05) is 19.5 Å². The Hall–Kier alpha value is -3.54. The van der Waals surface area contributed by atoms with E-state index >= 15 is 0 Å². The van der Waals surface area contributed by atoms with E-state index in [0.717, 1.165) is 11.8 Å². The van der Waals surface area contributed by atoms with Gasteiger partial charge >= 0.3 is 0 Å². The number of benzene rings is 3. The van der Waals surface area contributed by atoms with Crippen LogP contribution in [0.3, 0.4) is 0 Å². The number of methoxy groups -OCH3 is 2. The summed E-state index contributed by atoms with van der Waals surface area (Å²) in [4.78, 5) is 24.0. The van der Waals surface area contributed by atoms with Gasteiger partial charge in [0.05, 0.1) is 45.9 Å². The lowest BCUT2D eigenvalue weighted by molar-refractivity contribution is -0.384. The number of fused-ring (bicyclic) bond motifs is 1. The van der Waals surface area contributed by atoms with Gasteiger partial charge in [-0.3, -0.25) is 14.9 Å². The van der Waals surface area contributed by atoms with Crippen LogP contribution in [0.25, 0.3) is 6.08 Å². The molecule has 1 aliphatic rings. The number of nitrogens with one attached hydrogen (secondary N) is 1. The summed E-state index contributed by atoms with van der Waals surface area (Å²) >= 11 is 6.93. The van der Waals surface area contributed by atoms with Crippen LogP contribution in [0.1, 0.15) is 11.1 Å².